The molecule has 1 atom stereocenters. The molecule has 0 bridgehead atoms. The molecule has 0 radical (unpaired) electrons. The van der Waals surface area contributed by atoms with Gasteiger partial charge in [-0.2, -0.15) is 5.10 Å². The largest absolute Gasteiger partial charge is 0.393 e. The molecule has 108 valence electrons. The number of nitrogens with zero attached hydrogens (tertiary/aromatic N) is 2. The Labute approximate surface area is 120 Å². The number of hydrogen-bond acceptors (Lipinski definition) is 5. The molecule has 6 nitrogen and oxygen atoms in total. The molecule has 1 heterocycles. The predicted molar refractivity (Wildman–Crippen MR) is 77.5 cm³/mol. The number of hydrogen-bond donors (Lipinski definition) is 2. The van der Waals surface area contributed by atoms with E-state index in [9.17, 15) is 9.90 Å². The van der Waals surface area contributed by atoms with Crippen LogP contribution in [-0.2, 0) is 11.3 Å². The van der Waals surface area contributed by atoms with Crippen LogP contribution in [0.2, 0.25) is 0 Å². The molecule has 1 rings (SSSR count). The van der Waals surface area contributed by atoms with E-state index in [-0.39, 0.29) is 11.7 Å². The summed E-state index contributed by atoms with van der Waals surface area (Å²) in [5.74, 6) is 0. The number of aromatic nitrogens is 2. The Kier molecular flexibility index (Phi) is 7.04. The van der Waals surface area contributed by atoms with Gasteiger partial charge < -0.3 is 15.2 Å². The van der Waals surface area contributed by atoms with Crippen LogP contribution >= 0.6 is 15.9 Å². The van der Waals surface area contributed by atoms with Crippen LogP contribution in [0.1, 0.15) is 19.8 Å². The van der Waals surface area contributed by atoms with E-state index < -0.39 is 0 Å². The number of methoxy groups -OCH3 is 1. The third-order valence-corrected chi connectivity index (χ3v) is 3.52. The van der Waals surface area contributed by atoms with Crippen LogP contribution in [-0.4, -0.2) is 41.3 Å². The van der Waals surface area contributed by atoms with Gasteiger partial charge in [-0.05, 0) is 28.8 Å². The zero-order chi connectivity index (χ0) is 14.3. The van der Waals surface area contributed by atoms with Crippen molar-refractivity contribution in [3.8, 4) is 0 Å². The number of aliphatic hydroxyl groups excluding tert-OH is 1. The molecule has 0 fully saturated rings. The topological polar surface area (TPSA) is 76.4 Å². The minimum absolute atomic E-state index is 0.196. The maximum atomic E-state index is 12.0. The minimum atomic E-state index is -0.318. The average Bonchev–Trinajstić information content (AvgIpc) is 2.42. The second-order valence-corrected chi connectivity index (χ2v) is 4.96. The monoisotopic (exact) mass is 333 g/mol. The van der Waals surface area contributed by atoms with E-state index in [0.717, 1.165) is 6.42 Å². The molecule has 0 amide bonds. The van der Waals surface area contributed by atoms with Gasteiger partial charge in [0.25, 0.3) is 5.56 Å². The number of halogens is 1. The molecule has 0 saturated carbocycles. The highest BCUT2D eigenvalue weighted by Crippen LogP contribution is 2.16. The van der Waals surface area contributed by atoms with Crippen LogP contribution in [0.5, 0.6) is 0 Å². The van der Waals surface area contributed by atoms with Crippen molar-refractivity contribution in [3.63, 3.8) is 0 Å². The fourth-order valence-corrected chi connectivity index (χ4v) is 1.95. The second-order valence-electron chi connectivity index (χ2n) is 4.17. The van der Waals surface area contributed by atoms with Gasteiger partial charge in [0.1, 0.15) is 4.47 Å². The van der Waals surface area contributed by atoms with Crippen molar-refractivity contribution in [1.82, 2.24) is 9.78 Å². The molecule has 0 aromatic carbocycles. The molecular weight excluding hydrogens is 314 g/mol. The molecule has 7 heteroatoms. The highest BCUT2D eigenvalue weighted by molar-refractivity contribution is 9.10. The summed E-state index contributed by atoms with van der Waals surface area (Å²) in [4.78, 5) is 12.0. The maximum Gasteiger partial charge on any atom is 0.283 e. The fraction of sp³-hybridized carbons (Fsp3) is 0.667. The lowest BCUT2D eigenvalue weighted by Crippen LogP contribution is -2.26. The van der Waals surface area contributed by atoms with Crippen LogP contribution < -0.4 is 10.9 Å². The van der Waals surface area contributed by atoms with E-state index in [1.807, 2.05) is 6.92 Å². The van der Waals surface area contributed by atoms with Crippen LogP contribution in [0.3, 0.4) is 0 Å². The van der Waals surface area contributed by atoms with Crippen LogP contribution in [0.4, 0.5) is 5.69 Å². The first kappa shape index (κ1) is 16.1. The van der Waals surface area contributed by atoms with Gasteiger partial charge in [-0.15, -0.1) is 0 Å². The number of nitrogens with one attached hydrogen (secondary N) is 1. The van der Waals surface area contributed by atoms with Crippen molar-refractivity contribution >= 4 is 21.6 Å². The van der Waals surface area contributed by atoms with E-state index in [4.69, 9.17) is 4.74 Å². The lowest BCUT2D eigenvalue weighted by molar-refractivity contribution is 0.164. The average molecular weight is 334 g/mol. The van der Waals surface area contributed by atoms with Crippen LogP contribution in [0, 0.1) is 0 Å². The molecule has 1 aromatic rings. The van der Waals surface area contributed by atoms with Crippen molar-refractivity contribution in [2.24, 2.45) is 0 Å². The number of aliphatic hydroxyl groups is 1. The minimum Gasteiger partial charge on any atom is -0.393 e. The summed E-state index contributed by atoms with van der Waals surface area (Å²) in [5.41, 5.74) is 0.444. The Bertz CT molecular complexity index is 450. The predicted octanol–water partition coefficient (Wildman–Crippen LogP) is 1.23. The van der Waals surface area contributed by atoms with Crippen molar-refractivity contribution in [3.05, 3.63) is 21.0 Å². The molecule has 0 aliphatic carbocycles. The summed E-state index contributed by atoms with van der Waals surface area (Å²) < 4.78 is 6.71. The first-order chi connectivity index (χ1) is 9.10. The zero-order valence-corrected chi connectivity index (χ0v) is 12.8. The number of anilines is 1. The molecule has 0 spiro atoms. The van der Waals surface area contributed by atoms with Gasteiger partial charge in [-0.1, -0.05) is 6.92 Å². The summed E-state index contributed by atoms with van der Waals surface area (Å²) >= 11 is 3.27. The third-order valence-electron chi connectivity index (χ3n) is 2.76. The van der Waals surface area contributed by atoms with Gasteiger partial charge in [-0.25, -0.2) is 4.68 Å². The Morgan fingerprint density at radius 1 is 1.63 bits per heavy atom. The zero-order valence-electron chi connectivity index (χ0n) is 11.2. The molecule has 0 aliphatic heterocycles. The lowest BCUT2D eigenvalue weighted by Gasteiger charge is -2.12. The summed E-state index contributed by atoms with van der Waals surface area (Å²) in [6.45, 7) is 3.38. The lowest BCUT2D eigenvalue weighted by atomic mass is 10.2. The quantitative estimate of drug-likeness (QED) is 0.748. The molecule has 1 unspecified atom stereocenters. The highest BCUT2D eigenvalue weighted by atomic mass is 79.9. The van der Waals surface area contributed by atoms with Gasteiger partial charge in [0, 0.05) is 13.7 Å². The number of rotatable bonds is 8. The van der Waals surface area contributed by atoms with E-state index in [2.05, 4.69) is 26.3 Å². The molecular formula is C12H20BrN3O3. The van der Waals surface area contributed by atoms with Crippen molar-refractivity contribution in [1.29, 1.82) is 0 Å². The van der Waals surface area contributed by atoms with E-state index in [0.29, 0.717) is 36.3 Å². The fourth-order valence-electron chi connectivity index (χ4n) is 1.50. The standard InChI is InChI=1S/C12H20BrN3O3/c1-3-9(17)4-5-14-10-8-15-16(6-7-19-2)12(18)11(10)13/h8-9,14,17H,3-7H2,1-2H3. The van der Waals surface area contributed by atoms with E-state index >= 15 is 0 Å². The normalized spacial score (nSPS) is 12.4. The molecule has 0 saturated heterocycles. The van der Waals surface area contributed by atoms with Gasteiger partial charge in [-0.3, -0.25) is 4.79 Å². The Hall–Kier alpha value is -0.920. The van der Waals surface area contributed by atoms with Crippen molar-refractivity contribution in [2.75, 3.05) is 25.6 Å². The molecule has 2 N–H and O–H groups in total. The number of ether oxygens (including phenoxy) is 1. The first-order valence-electron chi connectivity index (χ1n) is 6.26. The molecule has 1 aromatic heterocycles. The van der Waals surface area contributed by atoms with Gasteiger partial charge in [0.2, 0.25) is 0 Å². The SMILES string of the molecule is CCC(O)CCNc1cnn(CCOC)c(=O)c1Br. The van der Waals surface area contributed by atoms with Crippen molar-refractivity contribution < 1.29 is 9.84 Å². The first-order valence-corrected chi connectivity index (χ1v) is 7.06. The third kappa shape index (κ3) is 4.93. The Morgan fingerprint density at radius 3 is 3.00 bits per heavy atom. The summed E-state index contributed by atoms with van der Waals surface area (Å²) in [6, 6.07) is 0. The highest BCUT2D eigenvalue weighted by Gasteiger charge is 2.09. The maximum absolute atomic E-state index is 12.0. The van der Waals surface area contributed by atoms with Crippen LogP contribution in [0.25, 0.3) is 0 Å². The van der Waals surface area contributed by atoms with Gasteiger partial charge in [0.05, 0.1) is 31.1 Å². The molecule has 19 heavy (non-hydrogen) atoms. The molecule has 0 aliphatic rings. The Balaban J connectivity index is 2.65. The summed E-state index contributed by atoms with van der Waals surface area (Å²) in [7, 11) is 1.58. The smallest absolute Gasteiger partial charge is 0.283 e. The van der Waals surface area contributed by atoms with E-state index in [1.165, 1.54) is 4.68 Å². The summed E-state index contributed by atoms with van der Waals surface area (Å²) in [6.07, 6.45) is 2.64. The van der Waals surface area contributed by atoms with Crippen molar-refractivity contribution in [2.45, 2.75) is 32.4 Å². The van der Waals surface area contributed by atoms with Gasteiger partial charge >= 0.3 is 0 Å². The Morgan fingerprint density at radius 2 is 2.37 bits per heavy atom. The second kappa shape index (κ2) is 8.29. The van der Waals surface area contributed by atoms with E-state index in [1.54, 1.807) is 13.3 Å². The van der Waals surface area contributed by atoms with Crippen LogP contribution in [0.15, 0.2) is 15.5 Å². The summed E-state index contributed by atoms with van der Waals surface area (Å²) in [5, 5.41) is 16.6. The van der Waals surface area contributed by atoms with Gasteiger partial charge in [0.15, 0.2) is 0 Å².